The molecule has 1 rings (SSSR count). The predicted octanol–water partition coefficient (Wildman–Crippen LogP) is 8.31. The van der Waals surface area contributed by atoms with Crippen LogP contribution in [0.2, 0.25) is 0 Å². The van der Waals surface area contributed by atoms with Gasteiger partial charge in [0, 0.05) is 13.0 Å². The first-order valence-corrected chi connectivity index (χ1v) is 23.3. The first-order chi connectivity index (χ1) is 27.0. The van der Waals surface area contributed by atoms with Crippen molar-refractivity contribution in [2.24, 2.45) is 0 Å². The zero-order chi connectivity index (χ0) is 41.3. The Kier molecular flexibility index (Phi) is 32.3. The van der Waals surface area contributed by atoms with Gasteiger partial charge in [-0.25, -0.2) is 4.57 Å². The van der Waals surface area contributed by atoms with Crippen LogP contribution < -0.4 is 0 Å². The summed E-state index contributed by atoms with van der Waals surface area (Å²) in [4.78, 5) is 23.1. The lowest BCUT2D eigenvalue weighted by atomic mass is 9.85. The SMILES string of the molecule is CCCCC/C=C\CCCCCCCC(=O)OC(COCCCCCCCC/C=C\C/C=C\CCCCCC)COP(=O)(O)OC1C(O)C(O)C(O)C(O)C1O. The van der Waals surface area contributed by atoms with Crippen LogP contribution in [0.4, 0.5) is 0 Å². The molecule has 0 spiro atoms. The Morgan fingerprint density at radius 1 is 0.571 bits per heavy atom. The summed E-state index contributed by atoms with van der Waals surface area (Å²) in [5.41, 5.74) is 0. The molecule has 1 saturated carbocycles. The molecule has 0 heterocycles. The van der Waals surface area contributed by atoms with Gasteiger partial charge in [0.1, 0.15) is 42.7 Å². The van der Waals surface area contributed by atoms with E-state index in [-0.39, 0.29) is 13.0 Å². The average molecular weight is 819 g/mol. The zero-order valence-corrected chi connectivity index (χ0v) is 35.6. The fraction of sp³-hybridized carbons (Fsp3) is 0.837. The molecule has 1 fully saturated rings. The summed E-state index contributed by atoms with van der Waals surface area (Å²) in [6.07, 6.45) is 26.4. The lowest BCUT2D eigenvalue weighted by molar-refractivity contribution is -0.220. The maximum Gasteiger partial charge on any atom is 0.472 e. The molecule has 0 saturated heterocycles. The molecule has 6 N–H and O–H groups in total. The molecule has 0 aromatic heterocycles. The number of unbranched alkanes of at least 4 members (excludes halogenated alkanes) is 18. The van der Waals surface area contributed by atoms with Crippen molar-refractivity contribution in [3.8, 4) is 0 Å². The number of rotatable bonds is 36. The summed E-state index contributed by atoms with van der Waals surface area (Å²) < 4.78 is 34.1. The quantitative estimate of drug-likeness (QED) is 0.0154. The Bertz CT molecular complexity index is 1070. The van der Waals surface area contributed by atoms with Gasteiger partial charge in [0.05, 0.1) is 13.2 Å². The van der Waals surface area contributed by atoms with E-state index in [0.29, 0.717) is 13.0 Å². The number of hydrogen-bond donors (Lipinski definition) is 6. The highest BCUT2D eigenvalue weighted by Crippen LogP contribution is 2.47. The van der Waals surface area contributed by atoms with Crippen molar-refractivity contribution in [1.29, 1.82) is 0 Å². The van der Waals surface area contributed by atoms with Crippen molar-refractivity contribution in [3.05, 3.63) is 36.5 Å². The van der Waals surface area contributed by atoms with Gasteiger partial charge in [-0.1, -0.05) is 127 Å². The fourth-order valence-electron chi connectivity index (χ4n) is 6.44. The van der Waals surface area contributed by atoms with E-state index >= 15 is 0 Å². The molecule has 0 aliphatic heterocycles. The zero-order valence-electron chi connectivity index (χ0n) is 34.7. The van der Waals surface area contributed by atoms with E-state index in [1.807, 2.05) is 0 Å². The van der Waals surface area contributed by atoms with Crippen LogP contribution in [0.3, 0.4) is 0 Å². The molecule has 56 heavy (non-hydrogen) atoms. The third-order valence-corrected chi connectivity index (χ3v) is 11.0. The molecule has 0 radical (unpaired) electrons. The number of allylic oxidation sites excluding steroid dienone is 6. The normalized spacial score (nSPS) is 23.4. The lowest BCUT2D eigenvalue weighted by Gasteiger charge is -2.41. The van der Waals surface area contributed by atoms with Crippen molar-refractivity contribution in [2.45, 2.75) is 211 Å². The highest BCUT2D eigenvalue weighted by atomic mass is 31.2. The molecule has 6 unspecified atom stereocenters. The van der Waals surface area contributed by atoms with Gasteiger partial charge in [-0.3, -0.25) is 13.8 Å². The highest BCUT2D eigenvalue weighted by Gasteiger charge is 2.51. The lowest BCUT2D eigenvalue weighted by Crippen LogP contribution is -2.64. The van der Waals surface area contributed by atoms with Crippen LogP contribution >= 0.6 is 7.82 Å². The van der Waals surface area contributed by atoms with Gasteiger partial charge < -0.3 is 39.9 Å². The highest BCUT2D eigenvalue weighted by molar-refractivity contribution is 7.47. The van der Waals surface area contributed by atoms with E-state index in [0.717, 1.165) is 83.5 Å². The third-order valence-electron chi connectivity index (χ3n) is 9.99. The molecule has 328 valence electrons. The second kappa shape index (κ2) is 34.4. The van der Waals surface area contributed by atoms with Crippen LogP contribution in [0.15, 0.2) is 36.5 Å². The van der Waals surface area contributed by atoms with Crippen LogP contribution in [-0.2, 0) is 27.9 Å². The Morgan fingerprint density at radius 3 is 1.55 bits per heavy atom. The molecular formula is C43H79O12P. The molecule has 12 nitrogen and oxygen atoms in total. The van der Waals surface area contributed by atoms with Crippen LogP contribution in [0, 0.1) is 0 Å². The van der Waals surface area contributed by atoms with Crippen LogP contribution in [0.25, 0.3) is 0 Å². The molecule has 1 aliphatic carbocycles. The second-order valence-corrected chi connectivity index (χ2v) is 16.6. The Labute approximate surface area is 338 Å². The average Bonchev–Trinajstić information content (AvgIpc) is 3.18. The minimum atomic E-state index is -5.02. The van der Waals surface area contributed by atoms with E-state index in [1.54, 1.807) is 0 Å². The van der Waals surface area contributed by atoms with Crippen molar-refractivity contribution < 1.29 is 58.3 Å². The summed E-state index contributed by atoms with van der Waals surface area (Å²) in [7, 11) is -5.02. The second-order valence-electron chi connectivity index (χ2n) is 15.2. The summed E-state index contributed by atoms with van der Waals surface area (Å²) >= 11 is 0. The first-order valence-electron chi connectivity index (χ1n) is 21.8. The molecule has 0 aromatic carbocycles. The molecule has 0 amide bonds. The van der Waals surface area contributed by atoms with Gasteiger partial charge in [-0.15, -0.1) is 0 Å². The standard InChI is InChI=1S/C43H79O12P/c1-3-5-7-9-11-13-15-17-18-19-20-21-23-25-27-29-31-33-52-34-36(54-37(44)32-30-28-26-24-22-16-14-12-10-8-6-4-2)35-53-56(50,51)55-43-41(48)39(46)38(45)40(47)42(43)49/h12-15,18-19,36,38-43,45-49H,3-11,16-17,20-35H2,1-2H3,(H,50,51)/b14-12-,15-13-,19-18-. The van der Waals surface area contributed by atoms with E-state index in [2.05, 4.69) is 50.3 Å². The number of phosphoric acid groups is 1. The van der Waals surface area contributed by atoms with Gasteiger partial charge >= 0.3 is 13.8 Å². The summed E-state index contributed by atoms with van der Waals surface area (Å²) in [6.45, 7) is 4.17. The minimum Gasteiger partial charge on any atom is -0.457 e. The van der Waals surface area contributed by atoms with Crippen molar-refractivity contribution in [3.63, 3.8) is 0 Å². The Hall–Kier alpha value is -1.44. The van der Waals surface area contributed by atoms with Crippen LogP contribution in [-0.4, -0.2) is 98.9 Å². The van der Waals surface area contributed by atoms with Gasteiger partial charge in [-0.05, 0) is 70.6 Å². The van der Waals surface area contributed by atoms with Gasteiger partial charge in [0.25, 0.3) is 0 Å². The Balaban J connectivity index is 2.43. The number of ether oxygens (including phenoxy) is 2. The topological polar surface area (TPSA) is 192 Å². The van der Waals surface area contributed by atoms with E-state index in [9.17, 15) is 39.8 Å². The van der Waals surface area contributed by atoms with E-state index < -0.39 is 63.1 Å². The number of carbonyl (C=O) groups is 1. The maximum atomic E-state index is 12.8. The maximum absolute atomic E-state index is 12.8. The number of aliphatic hydroxyl groups is 5. The molecule has 0 aromatic rings. The predicted molar refractivity (Wildman–Crippen MR) is 221 cm³/mol. The molecule has 1 aliphatic rings. The molecular weight excluding hydrogens is 739 g/mol. The number of aliphatic hydroxyl groups excluding tert-OH is 5. The van der Waals surface area contributed by atoms with Crippen molar-refractivity contribution in [2.75, 3.05) is 19.8 Å². The van der Waals surface area contributed by atoms with Gasteiger partial charge in [0.15, 0.2) is 0 Å². The van der Waals surface area contributed by atoms with Crippen molar-refractivity contribution >= 4 is 13.8 Å². The van der Waals surface area contributed by atoms with Gasteiger partial charge in [0.2, 0.25) is 0 Å². The fourth-order valence-corrected chi connectivity index (χ4v) is 7.41. The smallest absolute Gasteiger partial charge is 0.457 e. The number of esters is 1. The third kappa shape index (κ3) is 26.5. The number of carbonyl (C=O) groups excluding carboxylic acids is 1. The van der Waals surface area contributed by atoms with Crippen molar-refractivity contribution in [1.82, 2.24) is 0 Å². The largest absolute Gasteiger partial charge is 0.472 e. The molecule has 6 atom stereocenters. The van der Waals surface area contributed by atoms with E-state index in [1.165, 1.54) is 57.8 Å². The summed E-state index contributed by atoms with van der Waals surface area (Å²) in [5, 5.41) is 50.1. The number of hydrogen-bond acceptors (Lipinski definition) is 11. The summed E-state index contributed by atoms with van der Waals surface area (Å²) in [6, 6.07) is 0. The summed E-state index contributed by atoms with van der Waals surface area (Å²) in [5.74, 6) is -0.492. The van der Waals surface area contributed by atoms with Crippen LogP contribution in [0.1, 0.15) is 168 Å². The van der Waals surface area contributed by atoms with Crippen LogP contribution in [0.5, 0.6) is 0 Å². The minimum absolute atomic E-state index is 0.0869. The molecule has 0 bridgehead atoms. The monoisotopic (exact) mass is 819 g/mol. The van der Waals surface area contributed by atoms with E-state index in [4.69, 9.17) is 18.5 Å². The molecule has 13 heteroatoms. The first kappa shape index (κ1) is 52.6. The Morgan fingerprint density at radius 2 is 1.00 bits per heavy atom. The number of phosphoric ester groups is 1. The van der Waals surface area contributed by atoms with Gasteiger partial charge in [-0.2, -0.15) is 0 Å².